The summed E-state index contributed by atoms with van der Waals surface area (Å²) in [6.45, 7) is 1.81. The molecule has 6 heteroatoms. The average molecular weight is 271 g/mol. The third kappa shape index (κ3) is 6.30. The molecule has 0 radical (unpaired) electrons. The molecule has 1 rings (SSSR count). The van der Waals surface area contributed by atoms with Crippen molar-refractivity contribution in [3.8, 4) is 5.75 Å². The number of alkyl halides is 3. The molecule has 1 amide bonds. The van der Waals surface area contributed by atoms with Crippen molar-refractivity contribution < 1.29 is 22.7 Å². The molecule has 0 aromatic heterocycles. The maximum Gasteiger partial charge on any atom is 0.573 e. The molecule has 0 heterocycles. The van der Waals surface area contributed by atoms with Crippen molar-refractivity contribution >= 4 is 11.6 Å². The Hall–Kier alpha value is -2.24. The Bertz CT molecular complexity index is 476. The monoisotopic (exact) mass is 271 g/mol. The van der Waals surface area contributed by atoms with Crippen molar-refractivity contribution in [1.82, 2.24) is 0 Å². The van der Waals surface area contributed by atoms with Gasteiger partial charge in [-0.2, -0.15) is 0 Å². The molecule has 1 aromatic rings. The van der Waals surface area contributed by atoms with Gasteiger partial charge in [-0.3, -0.25) is 4.79 Å². The molecule has 19 heavy (non-hydrogen) atoms. The van der Waals surface area contributed by atoms with Gasteiger partial charge in [0, 0.05) is 11.8 Å². The van der Waals surface area contributed by atoms with Crippen LogP contribution in [-0.4, -0.2) is 12.3 Å². The Morgan fingerprint density at radius 3 is 2.37 bits per heavy atom. The number of benzene rings is 1. The second-order valence-electron chi connectivity index (χ2n) is 3.45. The van der Waals surface area contributed by atoms with Crippen molar-refractivity contribution in [3.63, 3.8) is 0 Å². The first-order chi connectivity index (χ1) is 8.90. The minimum Gasteiger partial charge on any atom is -0.406 e. The number of nitrogens with one attached hydrogen (secondary N) is 1. The van der Waals surface area contributed by atoms with Crippen molar-refractivity contribution in [3.05, 3.63) is 48.6 Å². The number of amides is 1. The number of carbonyl (C=O) groups is 1. The third-order valence-electron chi connectivity index (χ3n) is 1.91. The lowest BCUT2D eigenvalue weighted by Gasteiger charge is -2.09. The van der Waals surface area contributed by atoms with E-state index in [-0.39, 0.29) is 11.7 Å². The fraction of sp³-hybridized carbons (Fsp3) is 0.154. The van der Waals surface area contributed by atoms with Gasteiger partial charge in [-0.25, -0.2) is 0 Å². The number of rotatable bonds is 4. The second-order valence-corrected chi connectivity index (χ2v) is 3.45. The Morgan fingerprint density at radius 1 is 1.21 bits per heavy atom. The summed E-state index contributed by atoms with van der Waals surface area (Å²) < 4.78 is 39.5. The molecule has 0 spiro atoms. The molecular weight excluding hydrogens is 259 g/mol. The second kappa shape index (κ2) is 6.63. The Labute approximate surface area is 108 Å². The molecule has 1 aromatic carbocycles. The van der Waals surface area contributed by atoms with Crippen molar-refractivity contribution in [2.75, 3.05) is 5.32 Å². The maximum absolute atomic E-state index is 11.9. The van der Waals surface area contributed by atoms with Gasteiger partial charge in [0.15, 0.2) is 0 Å². The third-order valence-corrected chi connectivity index (χ3v) is 1.91. The SMILES string of the molecule is C/C=C/C=C/C(=O)Nc1ccc(OC(F)(F)F)cc1. The van der Waals surface area contributed by atoms with Gasteiger partial charge in [0.05, 0.1) is 0 Å². The highest BCUT2D eigenvalue weighted by Crippen LogP contribution is 2.23. The normalized spacial score (nSPS) is 12.0. The maximum atomic E-state index is 11.9. The van der Waals surface area contributed by atoms with E-state index in [1.165, 1.54) is 18.2 Å². The van der Waals surface area contributed by atoms with E-state index in [4.69, 9.17) is 0 Å². The smallest absolute Gasteiger partial charge is 0.406 e. The number of allylic oxidation sites excluding steroid dienone is 3. The van der Waals surface area contributed by atoms with Gasteiger partial charge in [0.25, 0.3) is 0 Å². The van der Waals surface area contributed by atoms with Crippen LogP contribution in [0.15, 0.2) is 48.6 Å². The number of halogens is 3. The van der Waals surface area contributed by atoms with Crippen LogP contribution in [0.1, 0.15) is 6.92 Å². The predicted molar refractivity (Wildman–Crippen MR) is 65.7 cm³/mol. The molecule has 0 saturated heterocycles. The number of hydrogen-bond donors (Lipinski definition) is 1. The van der Waals surface area contributed by atoms with Gasteiger partial charge in [-0.1, -0.05) is 18.2 Å². The first kappa shape index (κ1) is 14.8. The van der Waals surface area contributed by atoms with Crippen LogP contribution in [0.4, 0.5) is 18.9 Å². The molecule has 1 N–H and O–H groups in total. The summed E-state index contributed by atoms with van der Waals surface area (Å²) in [6.07, 6.45) is 1.57. The predicted octanol–water partition coefficient (Wildman–Crippen LogP) is 3.66. The first-order valence-electron chi connectivity index (χ1n) is 5.37. The summed E-state index contributed by atoms with van der Waals surface area (Å²) in [5.74, 6) is -0.711. The number of carbonyl (C=O) groups excluding carboxylic acids is 1. The number of hydrogen-bond acceptors (Lipinski definition) is 2. The minimum absolute atomic E-state index is 0.338. The Balaban J connectivity index is 2.59. The molecule has 0 aliphatic heterocycles. The lowest BCUT2D eigenvalue weighted by Crippen LogP contribution is -2.17. The Kier molecular flexibility index (Phi) is 5.17. The molecular formula is C13H12F3NO2. The fourth-order valence-corrected chi connectivity index (χ4v) is 1.18. The van der Waals surface area contributed by atoms with E-state index in [0.717, 1.165) is 12.1 Å². The van der Waals surface area contributed by atoms with Crippen LogP contribution < -0.4 is 10.1 Å². The zero-order valence-corrected chi connectivity index (χ0v) is 10.1. The largest absolute Gasteiger partial charge is 0.573 e. The molecule has 3 nitrogen and oxygen atoms in total. The van der Waals surface area contributed by atoms with E-state index in [1.807, 2.05) is 6.92 Å². The van der Waals surface area contributed by atoms with E-state index in [1.54, 1.807) is 18.2 Å². The van der Waals surface area contributed by atoms with Crippen LogP contribution in [0.2, 0.25) is 0 Å². The summed E-state index contributed by atoms with van der Waals surface area (Å²) >= 11 is 0. The first-order valence-corrected chi connectivity index (χ1v) is 5.37. The number of ether oxygens (including phenoxy) is 1. The molecule has 0 fully saturated rings. The van der Waals surface area contributed by atoms with Gasteiger partial charge in [0.2, 0.25) is 5.91 Å². The molecule has 0 atom stereocenters. The van der Waals surface area contributed by atoms with Crippen molar-refractivity contribution in [1.29, 1.82) is 0 Å². The topological polar surface area (TPSA) is 38.3 Å². The highest BCUT2D eigenvalue weighted by molar-refractivity contribution is 5.99. The fourth-order valence-electron chi connectivity index (χ4n) is 1.18. The summed E-state index contributed by atoms with van der Waals surface area (Å²) in [7, 11) is 0. The van der Waals surface area contributed by atoms with Gasteiger partial charge >= 0.3 is 6.36 Å². The summed E-state index contributed by atoms with van der Waals surface area (Å²) in [6, 6.07) is 4.89. The number of anilines is 1. The van der Waals surface area contributed by atoms with Gasteiger partial charge < -0.3 is 10.1 Å². The van der Waals surface area contributed by atoms with Crippen molar-refractivity contribution in [2.24, 2.45) is 0 Å². The van der Waals surface area contributed by atoms with Crippen LogP contribution in [0.25, 0.3) is 0 Å². The summed E-state index contributed by atoms with van der Waals surface area (Å²) in [4.78, 5) is 11.4. The van der Waals surface area contributed by atoms with Crippen molar-refractivity contribution in [2.45, 2.75) is 13.3 Å². The standard InChI is InChI=1S/C13H12F3NO2/c1-2-3-4-5-12(18)17-10-6-8-11(9-7-10)19-13(14,15)16/h2-9H,1H3,(H,17,18)/b3-2+,5-4+. The quantitative estimate of drug-likeness (QED) is 0.670. The van der Waals surface area contributed by atoms with Gasteiger partial charge in [-0.05, 0) is 31.2 Å². The van der Waals surface area contributed by atoms with Gasteiger partial charge in [-0.15, -0.1) is 13.2 Å². The van der Waals surface area contributed by atoms with Crippen LogP contribution in [0, 0.1) is 0 Å². The minimum atomic E-state index is -4.72. The molecule has 102 valence electrons. The molecule has 0 unspecified atom stereocenters. The molecule has 0 bridgehead atoms. The van der Waals surface area contributed by atoms with E-state index in [2.05, 4.69) is 10.1 Å². The highest BCUT2D eigenvalue weighted by atomic mass is 19.4. The molecule has 0 saturated carbocycles. The highest BCUT2D eigenvalue weighted by Gasteiger charge is 2.30. The van der Waals surface area contributed by atoms with Crippen LogP contribution in [0.5, 0.6) is 5.75 Å². The van der Waals surface area contributed by atoms with Crippen LogP contribution in [-0.2, 0) is 4.79 Å². The lowest BCUT2D eigenvalue weighted by molar-refractivity contribution is -0.274. The van der Waals surface area contributed by atoms with E-state index < -0.39 is 6.36 Å². The average Bonchev–Trinajstić information content (AvgIpc) is 2.30. The summed E-state index contributed by atoms with van der Waals surface area (Å²) in [5.41, 5.74) is 0.379. The van der Waals surface area contributed by atoms with Gasteiger partial charge in [0.1, 0.15) is 5.75 Å². The van der Waals surface area contributed by atoms with Crippen LogP contribution in [0.3, 0.4) is 0 Å². The Morgan fingerprint density at radius 2 is 1.84 bits per heavy atom. The summed E-state index contributed by atoms with van der Waals surface area (Å²) in [5, 5.41) is 2.49. The van der Waals surface area contributed by atoms with E-state index >= 15 is 0 Å². The molecule has 0 aliphatic rings. The van der Waals surface area contributed by atoms with E-state index in [0.29, 0.717) is 5.69 Å². The van der Waals surface area contributed by atoms with E-state index in [9.17, 15) is 18.0 Å². The molecule has 0 aliphatic carbocycles. The zero-order valence-electron chi connectivity index (χ0n) is 10.1. The van der Waals surface area contributed by atoms with Crippen LogP contribution >= 0.6 is 0 Å². The zero-order chi connectivity index (χ0) is 14.3. The lowest BCUT2D eigenvalue weighted by atomic mass is 10.3.